The van der Waals surface area contributed by atoms with E-state index < -0.39 is 5.60 Å². The molecule has 1 unspecified atom stereocenters. The van der Waals surface area contributed by atoms with Crippen LogP contribution in [0.1, 0.15) is 17.1 Å². The van der Waals surface area contributed by atoms with Gasteiger partial charge in [0.15, 0.2) is 5.60 Å². The number of benzene rings is 1. The maximum atomic E-state index is 11.6. The Kier molecular flexibility index (Phi) is 4.94. The van der Waals surface area contributed by atoms with Crippen LogP contribution in [0.2, 0.25) is 5.02 Å². The highest BCUT2D eigenvalue weighted by Crippen LogP contribution is 2.32. The fourth-order valence-corrected chi connectivity index (χ4v) is 2.84. The lowest BCUT2D eigenvalue weighted by molar-refractivity contribution is 0.0524. The monoisotopic (exact) mass is 343 g/mol. The Morgan fingerprint density at radius 2 is 1.92 bits per heavy atom. The largest absolute Gasteiger partial charge is 0.377 e. The molecule has 3 rings (SSSR count). The van der Waals surface area contributed by atoms with Gasteiger partial charge in [-0.1, -0.05) is 29.8 Å². The maximum Gasteiger partial charge on any atom is 0.153 e. The first kappa shape index (κ1) is 16.6. The predicted molar refractivity (Wildman–Crippen MR) is 91.6 cm³/mol. The minimum atomic E-state index is -1.35. The second-order valence-corrected chi connectivity index (χ2v) is 5.94. The van der Waals surface area contributed by atoms with Crippen LogP contribution in [0.3, 0.4) is 0 Å². The van der Waals surface area contributed by atoms with Crippen molar-refractivity contribution in [1.82, 2.24) is 14.5 Å². The van der Waals surface area contributed by atoms with Gasteiger partial charge in [0.1, 0.15) is 12.6 Å². The fraction of sp³-hybridized carbons (Fsp3) is 0.222. The molecule has 24 heavy (non-hydrogen) atoms. The predicted octanol–water partition coefficient (Wildman–Crippen LogP) is 3.01. The summed E-state index contributed by atoms with van der Waals surface area (Å²) in [6.07, 6.45) is 5.42. The Labute approximate surface area is 145 Å². The van der Waals surface area contributed by atoms with E-state index in [-0.39, 0.29) is 6.42 Å². The number of halogens is 1. The van der Waals surface area contributed by atoms with Crippen molar-refractivity contribution in [2.24, 2.45) is 0 Å². The number of hydrogen-bond acceptors (Lipinski definition) is 4. The highest BCUT2D eigenvalue weighted by molar-refractivity contribution is 6.30. The first-order valence-electron chi connectivity index (χ1n) is 7.52. The molecule has 0 radical (unpaired) electrons. The normalized spacial score (nSPS) is 13.6. The number of hydrogen-bond donors (Lipinski definition) is 1. The molecule has 1 atom stereocenters. The van der Waals surface area contributed by atoms with E-state index in [4.69, 9.17) is 16.3 Å². The van der Waals surface area contributed by atoms with Crippen molar-refractivity contribution in [3.8, 4) is 0 Å². The van der Waals surface area contributed by atoms with Gasteiger partial charge in [0.2, 0.25) is 0 Å². The molecule has 0 amide bonds. The van der Waals surface area contributed by atoms with Crippen LogP contribution in [-0.2, 0) is 23.5 Å². The first-order valence-corrected chi connectivity index (χ1v) is 7.90. The van der Waals surface area contributed by atoms with Crippen LogP contribution >= 0.6 is 11.6 Å². The van der Waals surface area contributed by atoms with Crippen molar-refractivity contribution in [2.75, 3.05) is 7.11 Å². The van der Waals surface area contributed by atoms with E-state index in [0.717, 1.165) is 5.69 Å². The van der Waals surface area contributed by atoms with Gasteiger partial charge in [-0.2, -0.15) is 0 Å². The molecule has 0 bridgehead atoms. The summed E-state index contributed by atoms with van der Waals surface area (Å²) >= 11 is 5.99. The second kappa shape index (κ2) is 7.13. The van der Waals surface area contributed by atoms with Gasteiger partial charge in [-0.15, -0.1) is 0 Å². The summed E-state index contributed by atoms with van der Waals surface area (Å²) in [5.74, 6) is 0.498. The average Bonchev–Trinajstić information content (AvgIpc) is 3.05. The lowest BCUT2D eigenvalue weighted by Gasteiger charge is -2.28. The van der Waals surface area contributed by atoms with Crippen molar-refractivity contribution in [3.05, 3.63) is 83.2 Å². The standard InChI is InChI=1S/C18H18ClN3O2/c1-24-13-22-11-10-21-17(22)18(23,12-16-4-2-3-9-20-16)14-5-7-15(19)8-6-14/h2-11,23H,12-13H2,1H3. The molecular weight excluding hydrogens is 326 g/mol. The number of pyridine rings is 1. The third-order valence-electron chi connectivity index (χ3n) is 3.84. The number of methoxy groups -OCH3 is 1. The smallest absolute Gasteiger partial charge is 0.153 e. The van der Waals surface area contributed by atoms with Gasteiger partial charge in [-0.05, 0) is 29.8 Å². The Morgan fingerprint density at radius 3 is 2.58 bits per heavy atom. The first-order chi connectivity index (χ1) is 11.6. The number of imidazole rings is 1. The lowest BCUT2D eigenvalue weighted by atomic mass is 9.88. The van der Waals surface area contributed by atoms with Gasteiger partial charge in [0.25, 0.3) is 0 Å². The molecule has 2 aromatic heterocycles. The van der Waals surface area contributed by atoms with Crippen LogP contribution in [0.15, 0.2) is 61.1 Å². The molecular formula is C18H18ClN3O2. The molecule has 3 aromatic rings. The van der Waals surface area contributed by atoms with Crippen LogP contribution in [0.5, 0.6) is 0 Å². The van der Waals surface area contributed by atoms with Crippen molar-refractivity contribution in [3.63, 3.8) is 0 Å². The van der Waals surface area contributed by atoms with Crippen LogP contribution in [-0.4, -0.2) is 26.8 Å². The zero-order valence-electron chi connectivity index (χ0n) is 13.3. The maximum absolute atomic E-state index is 11.6. The van der Waals surface area contributed by atoms with Crippen LogP contribution in [0.4, 0.5) is 0 Å². The molecule has 2 heterocycles. The highest BCUT2D eigenvalue weighted by Gasteiger charge is 2.36. The fourth-order valence-electron chi connectivity index (χ4n) is 2.72. The lowest BCUT2D eigenvalue weighted by Crippen LogP contribution is -2.34. The summed E-state index contributed by atoms with van der Waals surface area (Å²) in [7, 11) is 1.60. The third kappa shape index (κ3) is 3.33. The number of rotatable bonds is 6. The minimum absolute atomic E-state index is 0.288. The zero-order valence-corrected chi connectivity index (χ0v) is 14.0. The summed E-state index contributed by atoms with van der Waals surface area (Å²) in [5.41, 5.74) is 0.115. The Hall–Kier alpha value is -2.21. The van der Waals surface area contributed by atoms with Crippen LogP contribution in [0, 0.1) is 0 Å². The number of aromatic nitrogens is 3. The van der Waals surface area contributed by atoms with Gasteiger partial charge in [0.05, 0.1) is 0 Å². The molecule has 0 spiro atoms. The molecule has 0 fully saturated rings. The van der Waals surface area contributed by atoms with E-state index >= 15 is 0 Å². The molecule has 1 aromatic carbocycles. The average molecular weight is 344 g/mol. The SMILES string of the molecule is COCn1ccnc1C(O)(Cc1ccccn1)c1ccc(Cl)cc1. The number of nitrogens with zero attached hydrogens (tertiary/aromatic N) is 3. The van der Waals surface area contributed by atoms with Crippen molar-refractivity contribution < 1.29 is 9.84 Å². The molecule has 0 saturated carbocycles. The summed E-state index contributed by atoms with van der Waals surface area (Å²) in [6.45, 7) is 0.299. The molecule has 124 valence electrons. The molecule has 5 nitrogen and oxygen atoms in total. The van der Waals surface area contributed by atoms with Crippen molar-refractivity contribution in [2.45, 2.75) is 18.8 Å². The van der Waals surface area contributed by atoms with Crippen LogP contribution in [0.25, 0.3) is 0 Å². The van der Waals surface area contributed by atoms with Gasteiger partial charge >= 0.3 is 0 Å². The molecule has 1 N–H and O–H groups in total. The van der Waals surface area contributed by atoms with Gasteiger partial charge in [-0.25, -0.2) is 4.98 Å². The molecule has 0 aliphatic carbocycles. The van der Waals surface area contributed by atoms with E-state index in [1.54, 1.807) is 54.5 Å². The molecule has 0 saturated heterocycles. The van der Waals surface area contributed by atoms with E-state index in [1.807, 2.05) is 18.2 Å². The summed E-state index contributed by atoms with van der Waals surface area (Å²) in [6, 6.07) is 12.7. The van der Waals surface area contributed by atoms with Gasteiger partial charge < -0.3 is 14.4 Å². The Balaban J connectivity index is 2.09. The molecule has 0 aliphatic heterocycles. The van der Waals surface area contributed by atoms with Crippen molar-refractivity contribution in [1.29, 1.82) is 0 Å². The summed E-state index contributed by atoms with van der Waals surface area (Å²) in [5, 5.41) is 12.2. The van der Waals surface area contributed by atoms with E-state index in [1.165, 1.54) is 0 Å². The van der Waals surface area contributed by atoms with Crippen LogP contribution < -0.4 is 0 Å². The summed E-state index contributed by atoms with van der Waals surface area (Å²) < 4.78 is 6.98. The van der Waals surface area contributed by atoms with E-state index in [0.29, 0.717) is 23.1 Å². The van der Waals surface area contributed by atoms with Crippen molar-refractivity contribution >= 4 is 11.6 Å². The number of aliphatic hydroxyl groups is 1. The van der Waals surface area contributed by atoms with E-state index in [9.17, 15) is 5.11 Å². The van der Waals surface area contributed by atoms with Gasteiger partial charge in [0, 0.05) is 42.8 Å². The minimum Gasteiger partial charge on any atom is -0.377 e. The zero-order chi connectivity index (χ0) is 17.0. The molecule has 0 aliphatic rings. The highest BCUT2D eigenvalue weighted by atomic mass is 35.5. The molecule has 6 heteroatoms. The van der Waals surface area contributed by atoms with Gasteiger partial charge in [-0.3, -0.25) is 4.98 Å². The Morgan fingerprint density at radius 1 is 1.12 bits per heavy atom. The number of ether oxygens (including phenoxy) is 1. The van der Waals surface area contributed by atoms with E-state index in [2.05, 4.69) is 9.97 Å². The second-order valence-electron chi connectivity index (χ2n) is 5.50. The quantitative estimate of drug-likeness (QED) is 0.747. The topological polar surface area (TPSA) is 60.2 Å². The third-order valence-corrected chi connectivity index (χ3v) is 4.09. The summed E-state index contributed by atoms with van der Waals surface area (Å²) in [4.78, 5) is 8.71. The Bertz CT molecular complexity index is 790.